The topological polar surface area (TPSA) is 56.7 Å². The molecule has 0 bridgehead atoms. The number of furan rings is 1. The number of aromatic nitrogens is 4. The number of nitrogens with zero attached hydrogens (tertiary/aromatic N) is 4. The van der Waals surface area contributed by atoms with E-state index in [1.807, 2.05) is 18.2 Å². The van der Waals surface area contributed by atoms with Crippen LogP contribution in [0.2, 0.25) is 0 Å². The zero-order valence-corrected chi connectivity index (χ0v) is 33.5. The highest BCUT2D eigenvalue weighted by Crippen LogP contribution is 2.50. The molecule has 0 aliphatic heterocycles. The monoisotopic (exact) mass is 780 g/mol. The highest BCUT2D eigenvalue weighted by atomic mass is 16.3. The molecule has 1 aliphatic carbocycles. The Labute approximate surface area is 351 Å². The van der Waals surface area contributed by atoms with E-state index in [-0.39, 0.29) is 5.41 Å². The van der Waals surface area contributed by atoms with Gasteiger partial charge in [-0.1, -0.05) is 153 Å². The predicted octanol–water partition coefficient (Wildman–Crippen LogP) is 14.5. The van der Waals surface area contributed by atoms with Crippen LogP contribution < -0.4 is 0 Å². The van der Waals surface area contributed by atoms with Gasteiger partial charge in [-0.15, -0.1) is 0 Å². The fourth-order valence-electron chi connectivity index (χ4n) is 9.98. The van der Waals surface area contributed by atoms with Crippen molar-refractivity contribution >= 4 is 65.3 Å². The molecule has 12 aromatic rings. The quantitative estimate of drug-likeness (QED) is 0.178. The maximum absolute atomic E-state index is 6.39. The number of hydrogen-bond acceptors (Lipinski definition) is 4. The van der Waals surface area contributed by atoms with Gasteiger partial charge in [-0.05, 0) is 91.8 Å². The summed E-state index contributed by atoms with van der Waals surface area (Å²) in [6.45, 7) is 4.68. The van der Waals surface area contributed by atoms with Gasteiger partial charge >= 0.3 is 0 Å². The molecule has 0 radical (unpaired) electrons. The van der Waals surface area contributed by atoms with E-state index in [0.717, 1.165) is 82.2 Å². The number of rotatable bonds is 4. The summed E-state index contributed by atoms with van der Waals surface area (Å²) < 4.78 is 8.66. The molecule has 0 saturated heterocycles. The third kappa shape index (κ3) is 5.04. The van der Waals surface area contributed by atoms with Crippen molar-refractivity contribution in [1.82, 2.24) is 19.5 Å². The Morgan fingerprint density at radius 1 is 0.410 bits per heavy atom. The standard InChI is InChI=1S/C56H36N4O/c1-56(2)47-20-9-7-16-41(47)42-26-24-37(30-48(42)56)40-18-11-19-45-46-29-35-14-5-6-15-36(35)31-49(46)60(52(40)45)55-58-53(38-23-22-33-12-3-4-13-34(33)28-38)57-54(59-55)39-25-27-44-43-17-8-10-21-50(43)61-51(44)32-39/h3-32H,1-2H3. The first-order chi connectivity index (χ1) is 30.0. The molecule has 0 atom stereocenters. The van der Waals surface area contributed by atoms with Crippen LogP contribution in [0.5, 0.6) is 0 Å². The van der Waals surface area contributed by atoms with E-state index in [0.29, 0.717) is 17.6 Å². The lowest BCUT2D eigenvalue weighted by molar-refractivity contribution is 0.660. The van der Waals surface area contributed by atoms with Crippen molar-refractivity contribution in [1.29, 1.82) is 0 Å². The zero-order chi connectivity index (χ0) is 40.4. The summed E-state index contributed by atoms with van der Waals surface area (Å²) in [5, 5.41) is 9.04. The summed E-state index contributed by atoms with van der Waals surface area (Å²) in [6.07, 6.45) is 0. The Morgan fingerprint density at radius 3 is 1.89 bits per heavy atom. The van der Waals surface area contributed by atoms with E-state index in [1.165, 1.54) is 27.6 Å². The van der Waals surface area contributed by atoms with Gasteiger partial charge in [0.1, 0.15) is 11.2 Å². The molecule has 3 heterocycles. The first-order valence-electron chi connectivity index (χ1n) is 20.8. The third-order valence-corrected chi connectivity index (χ3v) is 13.0. The van der Waals surface area contributed by atoms with Gasteiger partial charge in [-0.2, -0.15) is 9.97 Å². The van der Waals surface area contributed by atoms with Crippen LogP contribution in [0.15, 0.2) is 186 Å². The molecule has 9 aromatic carbocycles. The summed E-state index contributed by atoms with van der Waals surface area (Å²) in [5.41, 5.74) is 12.9. The molecule has 0 amide bonds. The lowest BCUT2D eigenvalue weighted by atomic mass is 9.81. The molecular weight excluding hydrogens is 745 g/mol. The zero-order valence-electron chi connectivity index (χ0n) is 33.5. The second-order valence-electron chi connectivity index (χ2n) is 16.8. The van der Waals surface area contributed by atoms with Crippen LogP contribution in [-0.4, -0.2) is 19.5 Å². The maximum atomic E-state index is 6.39. The largest absolute Gasteiger partial charge is 0.456 e. The van der Waals surface area contributed by atoms with Crippen LogP contribution in [0, 0.1) is 0 Å². The van der Waals surface area contributed by atoms with Crippen LogP contribution >= 0.6 is 0 Å². The van der Waals surface area contributed by atoms with E-state index in [4.69, 9.17) is 19.4 Å². The van der Waals surface area contributed by atoms with Crippen LogP contribution in [0.25, 0.3) is 116 Å². The average molecular weight is 781 g/mol. The Morgan fingerprint density at radius 2 is 1.03 bits per heavy atom. The molecule has 5 heteroatoms. The number of fused-ring (bicyclic) bond motifs is 11. The van der Waals surface area contributed by atoms with Crippen molar-refractivity contribution in [2.24, 2.45) is 0 Å². The first kappa shape index (κ1) is 34.0. The molecule has 3 aromatic heterocycles. The molecule has 0 fully saturated rings. The van der Waals surface area contributed by atoms with Crippen LogP contribution in [0.3, 0.4) is 0 Å². The van der Waals surface area contributed by atoms with Gasteiger partial charge in [-0.25, -0.2) is 4.98 Å². The summed E-state index contributed by atoms with van der Waals surface area (Å²) in [5.74, 6) is 1.72. The van der Waals surface area contributed by atoms with Gasteiger partial charge in [0.05, 0.1) is 11.0 Å². The van der Waals surface area contributed by atoms with E-state index < -0.39 is 0 Å². The van der Waals surface area contributed by atoms with E-state index in [9.17, 15) is 0 Å². The third-order valence-electron chi connectivity index (χ3n) is 13.0. The van der Waals surface area contributed by atoms with Gasteiger partial charge in [0.25, 0.3) is 0 Å². The van der Waals surface area contributed by atoms with Gasteiger partial charge in [0.15, 0.2) is 11.6 Å². The molecule has 61 heavy (non-hydrogen) atoms. The summed E-state index contributed by atoms with van der Waals surface area (Å²) in [4.78, 5) is 16.1. The summed E-state index contributed by atoms with van der Waals surface area (Å²) in [7, 11) is 0. The Bertz CT molecular complexity index is 3810. The number of para-hydroxylation sites is 2. The van der Waals surface area contributed by atoms with Gasteiger partial charge in [-0.3, -0.25) is 4.57 Å². The molecule has 1 aliphatic rings. The smallest absolute Gasteiger partial charge is 0.238 e. The van der Waals surface area contributed by atoms with Crippen molar-refractivity contribution in [3.05, 3.63) is 193 Å². The minimum absolute atomic E-state index is 0.140. The second kappa shape index (κ2) is 12.6. The lowest BCUT2D eigenvalue weighted by Crippen LogP contribution is -2.14. The average Bonchev–Trinajstić information content (AvgIpc) is 3.92. The van der Waals surface area contributed by atoms with Crippen molar-refractivity contribution < 1.29 is 4.42 Å². The number of hydrogen-bond donors (Lipinski definition) is 0. The van der Waals surface area contributed by atoms with E-state index in [1.54, 1.807) is 0 Å². The molecular formula is C56H36N4O. The second-order valence-corrected chi connectivity index (χ2v) is 16.8. The van der Waals surface area contributed by atoms with E-state index in [2.05, 4.69) is 182 Å². The van der Waals surface area contributed by atoms with Crippen molar-refractivity contribution in [2.45, 2.75) is 19.3 Å². The Kier molecular flexibility index (Phi) is 7.00. The van der Waals surface area contributed by atoms with Gasteiger partial charge in [0, 0.05) is 43.7 Å². The maximum Gasteiger partial charge on any atom is 0.238 e. The molecule has 0 unspecified atom stereocenters. The molecule has 13 rings (SSSR count). The van der Waals surface area contributed by atoms with Crippen molar-refractivity contribution in [2.75, 3.05) is 0 Å². The molecule has 0 spiro atoms. The molecule has 286 valence electrons. The minimum Gasteiger partial charge on any atom is -0.456 e. The fraction of sp³-hybridized carbons (Fsp3) is 0.0536. The van der Waals surface area contributed by atoms with Gasteiger partial charge < -0.3 is 4.42 Å². The molecule has 0 N–H and O–H groups in total. The normalized spacial score (nSPS) is 13.2. The van der Waals surface area contributed by atoms with Crippen LogP contribution in [-0.2, 0) is 5.41 Å². The van der Waals surface area contributed by atoms with Gasteiger partial charge in [0.2, 0.25) is 5.95 Å². The van der Waals surface area contributed by atoms with E-state index >= 15 is 0 Å². The highest BCUT2D eigenvalue weighted by Gasteiger charge is 2.35. The SMILES string of the molecule is CC1(C)c2ccccc2-c2ccc(-c3cccc4c5cc6ccccc6cc5n(-c5nc(-c6ccc7ccccc7c6)nc(-c6ccc7c(c6)oc6ccccc67)n5)c34)cc21. The highest BCUT2D eigenvalue weighted by molar-refractivity contribution is 6.17. The predicted molar refractivity (Wildman–Crippen MR) is 250 cm³/mol. The minimum atomic E-state index is -0.140. The fourth-order valence-corrected chi connectivity index (χ4v) is 9.98. The van der Waals surface area contributed by atoms with Crippen LogP contribution in [0.4, 0.5) is 0 Å². The Balaban J connectivity index is 1.11. The Hall–Kier alpha value is -7.89. The number of benzene rings is 9. The first-order valence-corrected chi connectivity index (χ1v) is 20.8. The summed E-state index contributed by atoms with van der Waals surface area (Å²) in [6, 6.07) is 65.0. The molecule has 0 saturated carbocycles. The molecule has 5 nitrogen and oxygen atoms in total. The van der Waals surface area contributed by atoms with Crippen molar-refractivity contribution in [3.8, 4) is 51.0 Å². The van der Waals surface area contributed by atoms with Crippen molar-refractivity contribution in [3.63, 3.8) is 0 Å². The van der Waals surface area contributed by atoms with Crippen LogP contribution in [0.1, 0.15) is 25.0 Å². The lowest BCUT2D eigenvalue weighted by Gasteiger charge is -2.22. The summed E-state index contributed by atoms with van der Waals surface area (Å²) >= 11 is 0.